The van der Waals surface area contributed by atoms with Gasteiger partial charge in [-0.15, -0.1) is 11.3 Å². The van der Waals surface area contributed by atoms with Gasteiger partial charge in [-0.2, -0.15) is 13.2 Å². The van der Waals surface area contributed by atoms with E-state index < -0.39 is 12.1 Å². The molecule has 0 radical (unpaired) electrons. The minimum Gasteiger partial charge on any atom is -0.347 e. The van der Waals surface area contributed by atoms with Crippen molar-refractivity contribution in [1.82, 2.24) is 10.6 Å². The van der Waals surface area contributed by atoms with Gasteiger partial charge < -0.3 is 16.0 Å². The predicted octanol–water partition coefficient (Wildman–Crippen LogP) is 4.02. The molecule has 0 saturated carbocycles. The maximum absolute atomic E-state index is 12.5. The zero-order valence-electron chi connectivity index (χ0n) is 15.1. The van der Waals surface area contributed by atoms with E-state index in [1.807, 2.05) is 11.4 Å². The van der Waals surface area contributed by atoms with Crippen LogP contribution in [0.2, 0.25) is 0 Å². The average molecular weight is 442 g/mol. The topological polar surface area (TPSA) is 70.2 Å². The maximum atomic E-state index is 12.5. The van der Waals surface area contributed by atoms with Gasteiger partial charge in [0, 0.05) is 28.7 Å². The van der Waals surface area contributed by atoms with Crippen molar-refractivity contribution < 1.29 is 22.8 Å². The first-order chi connectivity index (χ1) is 13.8. The monoisotopic (exact) mass is 441 g/mol. The fraction of sp³-hybridized carbons (Fsp3) is 0.368. The van der Waals surface area contributed by atoms with Gasteiger partial charge in [0.2, 0.25) is 0 Å². The number of anilines is 1. The quantitative estimate of drug-likeness (QED) is 0.656. The number of hydrogen-bond donors (Lipinski definition) is 3. The van der Waals surface area contributed by atoms with Crippen molar-refractivity contribution in [1.29, 1.82) is 0 Å². The van der Waals surface area contributed by atoms with Crippen LogP contribution in [-0.2, 0) is 4.79 Å². The number of benzene rings is 1. The smallest absolute Gasteiger partial charge is 0.347 e. The van der Waals surface area contributed by atoms with E-state index in [9.17, 15) is 22.8 Å². The van der Waals surface area contributed by atoms with E-state index in [1.54, 1.807) is 18.2 Å². The number of fused-ring (bicyclic) bond motifs is 2. The summed E-state index contributed by atoms with van der Waals surface area (Å²) in [6.07, 6.45) is -1.67. The summed E-state index contributed by atoms with van der Waals surface area (Å²) in [4.78, 5) is 24.9. The standard InChI is InChI=1S/C19H18F3N3O2S2/c20-19(21,22)18(27)24-10-1-4-12(5-2-10)28-16-8-7-15(29-16)17(26)25-14-9-11-3-6-13(14)23-11/h1-2,4-5,7-8,11,13-14,23H,3,6,9H2,(H,24,27)(H,25,26)/t11-,13+,14-/m1/s1. The number of thiophene rings is 1. The van der Waals surface area contributed by atoms with Crippen LogP contribution >= 0.6 is 23.1 Å². The highest BCUT2D eigenvalue weighted by Crippen LogP contribution is 2.35. The number of carbonyl (C=O) groups excluding carboxylic acids is 2. The van der Waals surface area contributed by atoms with Gasteiger partial charge in [-0.05, 0) is 55.7 Å². The molecule has 3 heterocycles. The number of amides is 2. The zero-order valence-corrected chi connectivity index (χ0v) is 16.7. The summed E-state index contributed by atoms with van der Waals surface area (Å²) in [6, 6.07) is 10.8. The third-order valence-electron chi connectivity index (χ3n) is 5.01. The highest BCUT2D eigenvalue weighted by Gasteiger charge is 2.40. The molecule has 2 aliphatic rings. The molecule has 2 amide bonds. The van der Waals surface area contributed by atoms with Crippen molar-refractivity contribution in [3.63, 3.8) is 0 Å². The number of rotatable bonds is 5. The third-order valence-corrected chi connectivity index (χ3v) is 7.23. The zero-order chi connectivity index (χ0) is 20.6. The van der Waals surface area contributed by atoms with Crippen LogP contribution in [0, 0.1) is 0 Å². The first-order valence-electron chi connectivity index (χ1n) is 9.11. The molecule has 0 spiro atoms. The second kappa shape index (κ2) is 8.00. The van der Waals surface area contributed by atoms with Crippen LogP contribution in [0.1, 0.15) is 28.9 Å². The van der Waals surface area contributed by atoms with Crippen LogP contribution in [0.25, 0.3) is 0 Å². The molecule has 2 aliphatic heterocycles. The number of hydrogen-bond acceptors (Lipinski definition) is 5. The molecule has 1 aromatic heterocycles. The van der Waals surface area contributed by atoms with Gasteiger partial charge in [-0.25, -0.2) is 0 Å². The Balaban J connectivity index is 1.33. The predicted molar refractivity (Wildman–Crippen MR) is 105 cm³/mol. The van der Waals surface area contributed by atoms with E-state index >= 15 is 0 Å². The molecule has 4 rings (SSSR count). The Hall–Kier alpha value is -2.04. The molecule has 3 atom stereocenters. The Labute approximate surface area is 173 Å². The van der Waals surface area contributed by atoms with Gasteiger partial charge in [0.15, 0.2) is 0 Å². The van der Waals surface area contributed by atoms with Crippen molar-refractivity contribution in [3.05, 3.63) is 41.3 Å². The van der Waals surface area contributed by atoms with E-state index in [0.717, 1.165) is 21.9 Å². The third kappa shape index (κ3) is 4.76. The van der Waals surface area contributed by atoms with Gasteiger partial charge in [0.05, 0.1) is 9.09 Å². The molecule has 2 aromatic rings. The molecule has 10 heteroatoms. The molecule has 2 bridgehead atoms. The summed E-state index contributed by atoms with van der Waals surface area (Å²) < 4.78 is 37.8. The van der Waals surface area contributed by atoms with Crippen molar-refractivity contribution in [2.75, 3.05) is 5.32 Å². The molecule has 3 N–H and O–H groups in total. The van der Waals surface area contributed by atoms with Crippen LogP contribution in [-0.4, -0.2) is 36.1 Å². The van der Waals surface area contributed by atoms with Crippen LogP contribution in [0.3, 0.4) is 0 Å². The minimum atomic E-state index is -4.92. The number of halogens is 3. The number of nitrogens with one attached hydrogen (secondary N) is 3. The van der Waals surface area contributed by atoms with Crippen molar-refractivity contribution >= 4 is 40.6 Å². The molecular weight excluding hydrogens is 423 g/mol. The van der Waals surface area contributed by atoms with E-state index in [0.29, 0.717) is 17.0 Å². The van der Waals surface area contributed by atoms with Gasteiger partial charge in [0.25, 0.3) is 5.91 Å². The fourth-order valence-corrected chi connectivity index (χ4v) is 5.65. The first-order valence-corrected chi connectivity index (χ1v) is 10.7. The molecule has 5 nitrogen and oxygen atoms in total. The van der Waals surface area contributed by atoms with Crippen molar-refractivity contribution in [3.8, 4) is 0 Å². The molecule has 154 valence electrons. The van der Waals surface area contributed by atoms with E-state index in [1.165, 1.54) is 41.7 Å². The fourth-order valence-electron chi connectivity index (χ4n) is 3.64. The summed E-state index contributed by atoms with van der Waals surface area (Å²) in [7, 11) is 0. The Kier molecular flexibility index (Phi) is 5.58. The Morgan fingerprint density at radius 3 is 2.48 bits per heavy atom. The molecule has 2 saturated heterocycles. The van der Waals surface area contributed by atoms with Gasteiger partial charge in [-0.1, -0.05) is 11.8 Å². The molecule has 0 unspecified atom stereocenters. The minimum absolute atomic E-state index is 0.0717. The summed E-state index contributed by atoms with van der Waals surface area (Å²) in [5.41, 5.74) is 0.0717. The summed E-state index contributed by atoms with van der Waals surface area (Å²) in [5.74, 6) is -2.08. The largest absolute Gasteiger partial charge is 0.471 e. The van der Waals surface area contributed by atoms with Gasteiger partial charge >= 0.3 is 12.1 Å². The number of alkyl halides is 3. The highest BCUT2D eigenvalue weighted by molar-refractivity contribution is 8.01. The van der Waals surface area contributed by atoms with E-state index in [-0.39, 0.29) is 17.6 Å². The van der Waals surface area contributed by atoms with Crippen LogP contribution in [0.4, 0.5) is 18.9 Å². The van der Waals surface area contributed by atoms with Crippen LogP contribution < -0.4 is 16.0 Å². The lowest BCUT2D eigenvalue weighted by Crippen LogP contribution is -2.42. The molecule has 29 heavy (non-hydrogen) atoms. The van der Waals surface area contributed by atoms with E-state index in [4.69, 9.17) is 0 Å². The molecule has 0 aliphatic carbocycles. The highest BCUT2D eigenvalue weighted by atomic mass is 32.2. The molecule has 1 aromatic carbocycles. The Morgan fingerprint density at radius 2 is 1.86 bits per heavy atom. The second-order valence-corrected chi connectivity index (χ2v) is 9.52. The maximum Gasteiger partial charge on any atom is 0.471 e. The SMILES string of the molecule is O=C(N[C@@H]1C[C@H]2CC[C@@H]1N2)c1ccc(Sc2ccc(NC(=O)C(F)(F)F)cc2)s1. The molecular formula is C19H18F3N3O2S2. The van der Waals surface area contributed by atoms with Crippen molar-refractivity contribution in [2.45, 2.75) is 52.7 Å². The van der Waals surface area contributed by atoms with Gasteiger partial charge in [-0.3, -0.25) is 9.59 Å². The Morgan fingerprint density at radius 1 is 1.10 bits per heavy atom. The number of carbonyl (C=O) groups is 2. The molecule has 2 fully saturated rings. The summed E-state index contributed by atoms with van der Waals surface area (Å²) >= 11 is 2.77. The van der Waals surface area contributed by atoms with Crippen molar-refractivity contribution in [2.24, 2.45) is 0 Å². The summed E-state index contributed by atoms with van der Waals surface area (Å²) in [5, 5.41) is 8.41. The lowest BCUT2D eigenvalue weighted by Gasteiger charge is -2.20. The average Bonchev–Trinajstić information content (AvgIpc) is 3.39. The lowest BCUT2D eigenvalue weighted by atomic mass is 9.95. The Bertz CT molecular complexity index is 914. The van der Waals surface area contributed by atoms with Crippen LogP contribution in [0.5, 0.6) is 0 Å². The normalized spacial score (nSPS) is 23.2. The lowest BCUT2D eigenvalue weighted by molar-refractivity contribution is -0.167. The van der Waals surface area contributed by atoms with Gasteiger partial charge in [0.1, 0.15) is 0 Å². The first kappa shape index (κ1) is 20.2. The van der Waals surface area contributed by atoms with Crippen LogP contribution in [0.15, 0.2) is 45.5 Å². The van der Waals surface area contributed by atoms with E-state index in [2.05, 4.69) is 10.6 Å². The summed E-state index contributed by atoms with van der Waals surface area (Å²) in [6.45, 7) is 0. The second-order valence-electron chi connectivity index (χ2n) is 7.06.